The summed E-state index contributed by atoms with van der Waals surface area (Å²) in [5, 5.41) is 12.3. The highest BCUT2D eigenvalue weighted by Gasteiger charge is 2.25. The second-order valence-electron chi connectivity index (χ2n) is 5.14. The minimum Gasteiger partial charge on any atom is -0.313 e. The molecule has 2 rings (SSSR count). The van der Waals surface area contributed by atoms with E-state index in [1.165, 1.54) is 0 Å². The van der Waals surface area contributed by atoms with Crippen molar-refractivity contribution >= 4 is 10.0 Å². The van der Waals surface area contributed by atoms with E-state index in [9.17, 15) is 8.42 Å². The molecule has 2 N–H and O–H groups in total. The van der Waals surface area contributed by atoms with E-state index in [-0.39, 0.29) is 17.8 Å². The van der Waals surface area contributed by atoms with Crippen LogP contribution in [0.1, 0.15) is 30.9 Å². The van der Waals surface area contributed by atoms with Gasteiger partial charge in [0.1, 0.15) is 0 Å². The van der Waals surface area contributed by atoms with Gasteiger partial charge in [0.25, 0.3) is 0 Å². The van der Waals surface area contributed by atoms with E-state index in [1.54, 1.807) is 24.3 Å². The first-order valence-electron chi connectivity index (χ1n) is 6.73. The molecule has 1 saturated heterocycles. The first-order valence-corrected chi connectivity index (χ1v) is 8.38. The number of hydrogen-bond donors (Lipinski definition) is 2. The largest absolute Gasteiger partial charge is 0.313 e. The third-order valence-electron chi connectivity index (χ3n) is 3.58. The van der Waals surface area contributed by atoms with Crippen molar-refractivity contribution in [1.29, 1.82) is 5.26 Å². The van der Waals surface area contributed by atoms with Gasteiger partial charge in [-0.25, -0.2) is 13.1 Å². The predicted octanol–water partition coefficient (Wildman–Crippen LogP) is 1.12. The number of benzene rings is 1. The number of rotatable bonds is 4. The lowest BCUT2D eigenvalue weighted by molar-refractivity contribution is 0.348. The Morgan fingerprint density at radius 2 is 2.20 bits per heavy atom. The van der Waals surface area contributed by atoms with Gasteiger partial charge in [-0.15, -0.1) is 0 Å². The van der Waals surface area contributed by atoms with Crippen LogP contribution in [0.3, 0.4) is 0 Å². The second-order valence-corrected chi connectivity index (χ2v) is 6.89. The average Bonchev–Trinajstić information content (AvgIpc) is 2.41. The third kappa shape index (κ3) is 3.79. The molecule has 0 spiro atoms. The molecule has 0 saturated carbocycles. The SMILES string of the molecule is CC1NCCCC1NS(=O)(=O)Cc1ccccc1C#N. The fraction of sp³-hybridized carbons (Fsp3) is 0.500. The Bertz CT molecular complexity index is 607. The normalized spacial score (nSPS) is 23.2. The van der Waals surface area contributed by atoms with E-state index < -0.39 is 10.0 Å². The van der Waals surface area contributed by atoms with Gasteiger partial charge in [-0.2, -0.15) is 5.26 Å². The van der Waals surface area contributed by atoms with E-state index in [0.717, 1.165) is 19.4 Å². The molecule has 0 amide bonds. The Balaban J connectivity index is 2.09. The molecule has 2 atom stereocenters. The van der Waals surface area contributed by atoms with Crippen molar-refractivity contribution < 1.29 is 8.42 Å². The Kier molecular flexibility index (Phi) is 4.76. The summed E-state index contributed by atoms with van der Waals surface area (Å²) in [6.45, 7) is 2.91. The molecule has 0 aromatic heterocycles. The molecule has 2 unspecified atom stereocenters. The van der Waals surface area contributed by atoms with E-state index >= 15 is 0 Å². The number of nitrogens with one attached hydrogen (secondary N) is 2. The van der Waals surface area contributed by atoms with Crippen LogP contribution < -0.4 is 10.0 Å². The average molecular weight is 293 g/mol. The van der Waals surface area contributed by atoms with Gasteiger partial charge in [0, 0.05) is 12.1 Å². The molecule has 1 aromatic rings. The third-order valence-corrected chi connectivity index (χ3v) is 4.93. The smallest absolute Gasteiger partial charge is 0.216 e. The van der Waals surface area contributed by atoms with Crippen molar-refractivity contribution in [2.45, 2.75) is 37.6 Å². The summed E-state index contributed by atoms with van der Waals surface area (Å²) in [6, 6.07) is 8.87. The second kappa shape index (κ2) is 6.35. The molecule has 0 radical (unpaired) electrons. The van der Waals surface area contributed by atoms with Crippen molar-refractivity contribution in [1.82, 2.24) is 10.0 Å². The number of piperidine rings is 1. The van der Waals surface area contributed by atoms with Crippen molar-refractivity contribution in [2.24, 2.45) is 0 Å². The van der Waals surface area contributed by atoms with Crippen LogP contribution in [0, 0.1) is 11.3 Å². The summed E-state index contributed by atoms with van der Waals surface area (Å²) in [7, 11) is -3.44. The van der Waals surface area contributed by atoms with Crippen molar-refractivity contribution in [2.75, 3.05) is 6.54 Å². The van der Waals surface area contributed by atoms with Crippen molar-refractivity contribution in [3.05, 3.63) is 35.4 Å². The van der Waals surface area contributed by atoms with Gasteiger partial charge in [-0.05, 0) is 37.9 Å². The van der Waals surface area contributed by atoms with Gasteiger partial charge >= 0.3 is 0 Å². The minimum atomic E-state index is -3.44. The fourth-order valence-corrected chi connectivity index (χ4v) is 3.96. The topological polar surface area (TPSA) is 82.0 Å². The van der Waals surface area contributed by atoms with Crippen LogP contribution in [0.4, 0.5) is 0 Å². The van der Waals surface area contributed by atoms with Gasteiger partial charge < -0.3 is 5.32 Å². The van der Waals surface area contributed by atoms with Crippen LogP contribution in [0.2, 0.25) is 0 Å². The zero-order valence-corrected chi connectivity index (χ0v) is 12.3. The van der Waals surface area contributed by atoms with E-state index in [0.29, 0.717) is 11.1 Å². The molecule has 0 aliphatic carbocycles. The molecule has 1 fully saturated rings. The van der Waals surface area contributed by atoms with Crippen LogP contribution in [0.15, 0.2) is 24.3 Å². The fourth-order valence-electron chi connectivity index (χ4n) is 2.44. The van der Waals surface area contributed by atoms with Crippen LogP contribution in [-0.2, 0) is 15.8 Å². The molecule has 20 heavy (non-hydrogen) atoms. The molecule has 1 aromatic carbocycles. The maximum absolute atomic E-state index is 12.2. The lowest BCUT2D eigenvalue weighted by Crippen LogP contribution is -2.52. The number of nitrogens with zero attached hydrogens (tertiary/aromatic N) is 1. The monoisotopic (exact) mass is 293 g/mol. The van der Waals surface area contributed by atoms with Crippen molar-refractivity contribution in [3.8, 4) is 6.07 Å². The quantitative estimate of drug-likeness (QED) is 0.871. The van der Waals surface area contributed by atoms with Gasteiger partial charge in [-0.3, -0.25) is 0 Å². The van der Waals surface area contributed by atoms with Gasteiger partial charge in [-0.1, -0.05) is 18.2 Å². The molecule has 6 heteroatoms. The lowest BCUT2D eigenvalue weighted by atomic mass is 10.0. The molecule has 1 aliphatic heterocycles. The molecule has 1 aliphatic rings. The number of sulfonamides is 1. The Hall–Kier alpha value is -1.42. The molecule has 0 bridgehead atoms. The molecule has 108 valence electrons. The van der Waals surface area contributed by atoms with Gasteiger partial charge in [0.05, 0.1) is 17.4 Å². The summed E-state index contributed by atoms with van der Waals surface area (Å²) in [6.07, 6.45) is 1.81. The van der Waals surface area contributed by atoms with Crippen LogP contribution in [0.25, 0.3) is 0 Å². The highest BCUT2D eigenvalue weighted by atomic mass is 32.2. The van der Waals surface area contributed by atoms with Crippen LogP contribution in [0.5, 0.6) is 0 Å². The molecule has 5 nitrogen and oxygen atoms in total. The van der Waals surface area contributed by atoms with Crippen LogP contribution >= 0.6 is 0 Å². The highest BCUT2D eigenvalue weighted by molar-refractivity contribution is 7.88. The maximum Gasteiger partial charge on any atom is 0.216 e. The summed E-state index contributed by atoms with van der Waals surface area (Å²) in [5.74, 6) is -0.153. The standard InChI is InChI=1S/C14H19N3O2S/c1-11-14(7-4-8-16-11)17-20(18,19)10-13-6-3-2-5-12(13)9-15/h2-3,5-6,11,14,16-17H,4,7-8,10H2,1H3. The Morgan fingerprint density at radius 1 is 1.45 bits per heavy atom. The van der Waals surface area contributed by atoms with Crippen LogP contribution in [-0.4, -0.2) is 27.0 Å². The Morgan fingerprint density at radius 3 is 2.90 bits per heavy atom. The first-order chi connectivity index (χ1) is 9.52. The Labute approximate surface area is 120 Å². The number of nitriles is 1. The van der Waals surface area contributed by atoms with E-state index in [4.69, 9.17) is 5.26 Å². The first kappa shape index (κ1) is 15.0. The molecular weight excluding hydrogens is 274 g/mol. The zero-order valence-electron chi connectivity index (χ0n) is 11.5. The van der Waals surface area contributed by atoms with Gasteiger partial charge in [0.2, 0.25) is 10.0 Å². The minimum absolute atomic E-state index is 0.0806. The zero-order chi connectivity index (χ0) is 14.6. The highest BCUT2D eigenvalue weighted by Crippen LogP contribution is 2.14. The van der Waals surface area contributed by atoms with Gasteiger partial charge in [0.15, 0.2) is 0 Å². The summed E-state index contributed by atoms with van der Waals surface area (Å²) >= 11 is 0. The lowest BCUT2D eigenvalue weighted by Gasteiger charge is -2.30. The van der Waals surface area contributed by atoms with Crippen molar-refractivity contribution in [3.63, 3.8) is 0 Å². The summed E-state index contributed by atoms with van der Waals surface area (Å²) < 4.78 is 27.2. The summed E-state index contributed by atoms with van der Waals surface area (Å²) in [5.41, 5.74) is 0.951. The van der Waals surface area contributed by atoms with E-state index in [2.05, 4.69) is 10.0 Å². The number of hydrogen-bond acceptors (Lipinski definition) is 4. The summed E-state index contributed by atoms with van der Waals surface area (Å²) in [4.78, 5) is 0. The molecule has 1 heterocycles. The molecular formula is C14H19N3O2S. The van der Waals surface area contributed by atoms with E-state index in [1.807, 2.05) is 13.0 Å². The predicted molar refractivity (Wildman–Crippen MR) is 77.4 cm³/mol. The maximum atomic E-state index is 12.2.